The molecule has 3 unspecified atom stereocenters. The summed E-state index contributed by atoms with van der Waals surface area (Å²) in [5.74, 6) is -0.145. The maximum atomic E-state index is 12.3. The fourth-order valence-corrected chi connectivity index (χ4v) is 5.28. The molecule has 38 heavy (non-hydrogen) atoms. The molecule has 0 rings (SSSR count). The fraction of sp³-hybridized carbons (Fsp3) is 0.970. The van der Waals surface area contributed by atoms with Gasteiger partial charge in [-0.2, -0.15) is 0 Å². The van der Waals surface area contributed by atoms with Crippen LogP contribution in [0.15, 0.2) is 0 Å². The summed E-state index contributed by atoms with van der Waals surface area (Å²) in [7, 11) is 0. The zero-order chi connectivity index (χ0) is 28.1. The van der Waals surface area contributed by atoms with Crippen molar-refractivity contribution in [3.05, 3.63) is 0 Å². The average molecular weight is 542 g/mol. The van der Waals surface area contributed by atoms with E-state index in [2.05, 4.69) is 19.2 Å². The maximum absolute atomic E-state index is 12.3. The van der Waals surface area contributed by atoms with Gasteiger partial charge < -0.3 is 20.6 Å². The van der Waals surface area contributed by atoms with Crippen LogP contribution in [0.5, 0.6) is 0 Å². The van der Waals surface area contributed by atoms with Gasteiger partial charge in [-0.3, -0.25) is 4.79 Å². The highest BCUT2D eigenvalue weighted by Gasteiger charge is 2.26. The second-order valence-corrected chi connectivity index (χ2v) is 11.7. The third kappa shape index (κ3) is 24.4. The van der Waals surface area contributed by atoms with Gasteiger partial charge in [0, 0.05) is 6.42 Å². The molecule has 0 aliphatic carbocycles. The molecule has 4 N–H and O–H groups in total. The molecule has 0 aromatic heterocycles. The number of rotatable bonds is 30. The summed E-state index contributed by atoms with van der Waals surface area (Å²) < 4.78 is 0. The summed E-state index contributed by atoms with van der Waals surface area (Å²) in [4.78, 5) is 12.3. The average Bonchev–Trinajstić information content (AvgIpc) is 2.92. The minimum Gasteiger partial charge on any atom is -0.394 e. The highest BCUT2D eigenvalue weighted by molar-refractivity contribution is 5.76. The van der Waals surface area contributed by atoms with Crippen LogP contribution in [-0.4, -0.2) is 46.1 Å². The van der Waals surface area contributed by atoms with Gasteiger partial charge in [-0.25, -0.2) is 0 Å². The van der Waals surface area contributed by atoms with Gasteiger partial charge in [0.25, 0.3) is 0 Å². The summed E-state index contributed by atoms with van der Waals surface area (Å²) in [6, 6.07) is -0.799. The van der Waals surface area contributed by atoms with Gasteiger partial charge in [0.15, 0.2) is 0 Å². The molecule has 0 saturated carbocycles. The number of nitrogens with one attached hydrogen (secondary N) is 1. The van der Waals surface area contributed by atoms with Crippen LogP contribution in [0.1, 0.15) is 181 Å². The number of hydrogen-bond acceptors (Lipinski definition) is 4. The Morgan fingerprint density at radius 1 is 0.553 bits per heavy atom. The van der Waals surface area contributed by atoms with Crippen LogP contribution < -0.4 is 5.32 Å². The highest BCUT2D eigenvalue weighted by Crippen LogP contribution is 2.15. The van der Waals surface area contributed by atoms with Gasteiger partial charge in [-0.05, 0) is 12.8 Å². The van der Waals surface area contributed by atoms with Crippen LogP contribution in [0.2, 0.25) is 0 Å². The number of carbonyl (C=O) groups excluding carboxylic acids is 1. The van der Waals surface area contributed by atoms with E-state index in [4.69, 9.17) is 0 Å². The molecular formula is C33H67NO4. The first-order chi connectivity index (χ1) is 18.6. The molecule has 0 aromatic carbocycles. The van der Waals surface area contributed by atoms with Gasteiger partial charge in [-0.1, -0.05) is 162 Å². The second-order valence-electron chi connectivity index (χ2n) is 11.7. The van der Waals surface area contributed by atoms with Crippen molar-refractivity contribution < 1.29 is 20.1 Å². The Bertz CT molecular complexity index is 488. The predicted molar refractivity (Wildman–Crippen MR) is 162 cm³/mol. The van der Waals surface area contributed by atoms with Crippen molar-refractivity contribution >= 4 is 5.91 Å². The van der Waals surface area contributed by atoms with Gasteiger partial charge >= 0.3 is 0 Å². The highest BCUT2D eigenvalue weighted by atomic mass is 16.3. The SMILES string of the molecule is CCCCCCCCCCCCCCCC(=O)NC(CO)C(O)C(O)CCCCCCCCCCCCC. The normalized spacial score (nSPS) is 13.9. The zero-order valence-corrected chi connectivity index (χ0v) is 25.6. The Labute approximate surface area is 237 Å². The zero-order valence-electron chi connectivity index (χ0n) is 25.6. The minimum atomic E-state index is -1.13. The maximum Gasteiger partial charge on any atom is 0.220 e. The molecular weight excluding hydrogens is 474 g/mol. The number of hydrogen-bond donors (Lipinski definition) is 4. The molecule has 1 amide bonds. The lowest BCUT2D eigenvalue weighted by Crippen LogP contribution is -2.50. The van der Waals surface area contributed by atoms with Gasteiger partial charge in [0.2, 0.25) is 5.91 Å². The molecule has 0 saturated heterocycles. The number of unbranched alkanes of at least 4 members (excludes halogenated alkanes) is 22. The van der Waals surface area contributed by atoms with E-state index in [9.17, 15) is 20.1 Å². The van der Waals surface area contributed by atoms with Crippen molar-refractivity contribution in [1.29, 1.82) is 0 Å². The summed E-state index contributed by atoms with van der Waals surface area (Å²) in [6.07, 6.45) is 29.0. The molecule has 5 nitrogen and oxygen atoms in total. The quantitative estimate of drug-likeness (QED) is 0.0688. The number of amides is 1. The van der Waals surface area contributed by atoms with Gasteiger partial charge in [0.05, 0.1) is 18.8 Å². The Balaban J connectivity index is 3.70. The number of aliphatic hydroxyl groups excluding tert-OH is 3. The van der Waals surface area contributed by atoms with Crippen molar-refractivity contribution in [3.63, 3.8) is 0 Å². The fourth-order valence-electron chi connectivity index (χ4n) is 5.28. The smallest absolute Gasteiger partial charge is 0.220 e. The first kappa shape index (κ1) is 37.4. The van der Waals surface area contributed by atoms with E-state index >= 15 is 0 Å². The van der Waals surface area contributed by atoms with E-state index in [0.717, 1.165) is 38.5 Å². The van der Waals surface area contributed by atoms with Crippen LogP contribution >= 0.6 is 0 Å². The third-order valence-corrected chi connectivity index (χ3v) is 7.96. The molecule has 3 atom stereocenters. The van der Waals surface area contributed by atoms with E-state index in [1.807, 2.05) is 0 Å². The van der Waals surface area contributed by atoms with E-state index in [-0.39, 0.29) is 12.5 Å². The van der Waals surface area contributed by atoms with Crippen molar-refractivity contribution in [3.8, 4) is 0 Å². The summed E-state index contributed by atoms with van der Waals surface area (Å²) in [5.41, 5.74) is 0. The van der Waals surface area contributed by atoms with Gasteiger partial charge in [0.1, 0.15) is 6.10 Å². The van der Waals surface area contributed by atoms with Crippen molar-refractivity contribution in [2.75, 3.05) is 6.61 Å². The lowest BCUT2D eigenvalue weighted by Gasteiger charge is -2.26. The van der Waals surface area contributed by atoms with E-state index in [1.165, 1.54) is 116 Å². The van der Waals surface area contributed by atoms with Crippen molar-refractivity contribution in [2.45, 2.75) is 199 Å². The predicted octanol–water partition coefficient (Wildman–Crippen LogP) is 8.37. The standard InChI is InChI=1S/C33H67NO4/c1-3-5-7-9-11-13-15-16-18-20-22-24-26-28-32(37)34-30(29-35)33(38)31(36)27-25-23-21-19-17-14-12-10-8-6-4-2/h30-31,33,35-36,38H,3-29H2,1-2H3,(H,34,37). The van der Waals surface area contributed by atoms with Crippen molar-refractivity contribution in [1.82, 2.24) is 5.32 Å². The monoisotopic (exact) mass is 542 g/mol. The van der Waals surface area contributed by atoms with E-state index < -0.39 is 18.2 Å². The Morgan fingerprint density at radius 3 is 1.26 bits per heavy atom. The summed E-state index contributed by atoms with van der Waals surface area (Å²) >= 11 is 0. The van der Waals surface area contributed by atoms with E-state index in [0.29, 0.717) is 12.8 Å². The van der Waals surface area contributed by atoms with Crippen LogP contribution in [0.4, 0.5) is 0 Å². The summed E-state index contributed by atoms with van der Waals surface area (Å²) in [6.45, 7) is 4.15. The minimum absolute atomic E-state index is 0.145. The van der Waals surface area contributed by atoms with Gasteiger partial charge in [-0.15, -0.1) is 0 Å². The molecule has 0 spiro atoms. The number of aliphatic hydroxyl groups is 3. The van der Waals surface area contributed by atoms with Crippen LogP contribution in [-0.2, 0) is 4.79 Å². The first-order valence-electron chi connectivity index (χ1n) is 16.8. The molecule has 0 bridgehead atoms. The molecule has 0 aromatic rings. The topological polar surface area (TPSA) is 89.8 Å². The Morgan fingerprint density at radius 2 is 0.895 bits per heavy atom. The van der Waals surface area contributed by atoms with Crippen molar-refractivity contribution in [2.24, 2.45) is 0 Å². The molecule has 0 aliphatic rings. The van der Waals surface area contributed by atoms with Crippen LogP contribution in [0.25, 0.3) is 0 Å². The lowest BCUT2D eigenvalue weighted by atomic mass is 9.99. The van der Waals surface area contributed by atoms with Crippen LogP contribution in [0.3, 0.4) is 0 Å². The summed E-state index contributed by atoms with van der Waals surface area (Å²) in [5, 5.41) is 33.2. The largest absolute Gasteiger partial charge is 0.394 e. The third-order valence-electron chi connectivity index (χ3n) is 7.96. The molecule has 0 aliphatic heterocycles. The Hall–Kier alpha value is -0.650. The number of carbonyl (C=O) groups is 1. The molecule has 0 heterocycles. The molecule has 228 valence electrons. The van der Waals surface area contributed by atoms with Crippen LogP contribution in [0, 0.1) is 0 Å². The molecule has 0 radical (unpaired) electrons. The Kier molecular flexibility index (Phi) is 28.8. The molecule has 5 heteroatoms. The van der Waals surface area contributed by atoms with E-state index in [1.54, 1.807) is 0 Å². The second kappa shape index (κ2) is 29.3. The molecule has 0 fully saturated rings. The first-order valence-corrected chi connectivity index (χ1v) is 16.8. The lowest BCUT2D eigenvalue weighted by molar-refractivity contribution is -0.124.